The van der Waals surface area contributed by atoms with E-state index in [2.05, 4.69) is 13.0 Å². The van der Waals surface area contributed by atoms with Crippen molar-refractivity contribution in [2.45, 2.75) is 26.2 Å². The van der Waals surface area contributed by atoms with Gasteiger partial charge in [0.25, 0.3) is 0 Å². The lowest BCUT2D eigenvalue weighted by molar-refractivity contribution is -0.143. The Morgan fingerprint density at radius 1 is 1.37 bits per heavy atom. The number of carbonyl (C=O) groups is 1. The first-order valence-corrected chi connectivity index (χ1v) is 6.72. The van der Waals surface area contributed by atoms with Crippen molar-refractivity contribution in [2.24, 2.45) is 11.8 Å². The Bertz CT molecular complexity index is 473. The first kappa shape index (κ1) is 13.7. The molecule has 1 N–H and O–H groups in total. The van der Waals surface area contributed by atoms with Gasteiger partial charge in [0.1, 0.15) is 5.75 Å². The van der Waals surface area contributed by atoms with Crippen molar-refractivity contribution in [2.75, 3.05) is 7.11 Å². The summed E-state index contributed by atoms with van der Waals surface area (Å²) in [5, 5.41) is 9.22. The number of ether oxygens (including phenoxy) is 1. The molecule has 0 unspecified atom stereocenters. The predicted octanol–water partition coefficient (Wildman–Crippen LogP) is 3.60. The zero-order valence-corrected chi connectivity index (χ0v) is 11.4. The van der Waals surface area contributed by atoms with E-state index in [0.717, 1.165) is 18.6 Å². The fourth-order valence-electron chi connectivity index (χ4n) is 2.74. The summed E-state index contributed by atoms with van der Waals surface area (Å²) >= 11 is 0. The van der Waals surface area contributed by atoms with Gasteiger partial charge in [0.2, 0.25) is 0 Å². The second-order valence-corrected chi connectivity index (χ2v) is 5.01. The molecule has 2 rings (SSSR count). The van der Waals surface area contributed by atoms with Gasteiger partial charge in [-0.05, 0) is 42.0 Å². The van der Waals surface area contributed by atoms with Gasteiger partial charge in [-0.25, -0.2) is 0 Å². The zero-order chi connectivity index (χ0) is 13.8. The molecule has 0 heterocycles. The number of rotatable bonds is 4. The maximum atomic E-state index is 11.2. The molecule has 1 aliphatic rings. The number of benzene rings is 1. The Morgan fingerprint density at radius 2 is 2.05 bits per heavy atom. The monoisotopic (exact) mass is 260 g/mol. The molecule has 1 aromatic rings. The molecule has 0 saturated heterocycles. The summed E-state index contributed by atoms with van der Waals surface area (Å²) in [6, 6.07) is 7.97. The van der Waals surface area contributed by atoms with Crippen LogP contribution in [0.15, 0.2) is 30.3 Å². The van der Waals surface area contributed by atoms with Crippen LogP contribution in [0.1, 0.15) is 31.7 Å². The number of hydrogen-bond acceptors (Lipinski definition) is 2. The van der Waals surface area contributed by atoms with E-state index in [1.165, 1.54) is 11.1 Å². The van der Waals surface area contributed by atoms with Crippen LogP contribution >= 0.6 is 0 Å². The third kappa shape index (κ3) is 2.98. The highest BCUT2D eigenvalue weighted by Gasteiger charge is 2.30. The molecule has 0 aliphatic heterocycles. The lowest BCUT2D eigenvalue weighted by Gasteiger charge is -2.28. The van der Waals surface area contributed by atoms with Crippen molar-refractivity contribution in [1.29, 1.82) is 0 Å². The minimum atomic E-state index is -0.670. The molecule has 0 fully saturated rings. The molecule has 0 saturated carbocycles. The van der Waals surface area contributed by atoms with Gasteiger partial charge >= 0.3 is 5.97 Å². The van der Waals surface area contributed by atoms with Crippen LogP contribution in [0.4, 0.5) is 0 Å². The lowest BCUT2D eigenvalue weighted by Crippen LogP contribution is -2.25. The van der Waals surface area contributed by atoms with Crippen LogP contribution in [0.3, 0.4) is 0 Å². The van der Waals surface area contributed by atoms with E-state index in [-0.39, 0.29) is 11.8 Å². The van der Waals surface area contributed by atoms with E-state index in [4.69, 9.17) is 4.74 Å². The second-order valence-electron chi connectivity index (χ2n) is 5.01. The van der Waals surface area contributed by atoms with Crippen molar-refractivity contribution in [3.05, 3.63) is 35.9 Å². The molecule has 0 radical (unpaired) electrons. The van der Waals surface area contributed by atoms with Crippen LogP contribution in [0.25, 0.3) is 5.57 Å². The molecule has 2 atom stereocenters. The van der Waals surface area contributed by atoms with E-state index >= 15 is 0 Å². The lowest BCUT2D eigenvalue weighted by atomic mass is 9.76. The van der Waals surface area contributed by atoms with Crippen molar-refractivity contribution < 1.29 is 14.6 Å². The van der Waals surface area contributed by atoms with Crippen molar-refractivity contribution in [3.63, 3.8) is 0 Å². The van der Waals surface area contributed by atoms with Crippen LogP contribution in [0, 0.1) is 11.8 Å². The molecule has 102 valence electrons. The summed E-state index contributed by atoms with van der Waals surface area (Å²) in [6.45, 7) is 2.07. The smallest absolute Gasteiger partial charge is 0.307 e. The summed E-state index contributed by atoms with van der Waals surface area (Å²) in [4.78, 5) is 11.2. The average Bonchev–Trinajstić information content (AvgIpc) is 2.46. The second kappa shape index (κ2) is 5.91. The number of allylic oxidation sites excluding steroid dienone is 2. The van der Waals surface area contributed by atoms with Gasteiger partial charge in [0, 0.05) is 0 Å². The number of aliphatic carboxylic acids is 1. The largest absolute Gasteiger partial charge is 0.497 e. The average molecular weight is 260 g/mol. The molecule has 0 bridgehead atoms. The Kier molecular flexibility index (Phi) is 4.25. The van der Waals surface area contributed by atoms with Crippen molar-refractivity contribution in [3.8, 4) is 5.75 Å². The van der Waals surface area contributed by atoms with Gasteiger partial charge in [-0.2, -0.15) is 0 Å². The maximum Gasteiger partial charge on any atom is 0.307 e. The Morgan fingerprint density at radius 3 is 2.58 bits per heavy atom. The molecule has 0 aromatic heterocycles. The summed E-state index contributed by atoms with van der Waals surface area (Å²) in [5.41, 5.74) is 2.43. The first-order chi connectivity index (χ1) is 9.15. The number of carboxylic acid groups (broad SMARTS) is 1. The van der Waals surface area contributed by atoms with Gasteiger partial charge < -0.3 is 9.84 Å². The third-order valence-electron chi connectivity index (χ3n) is 3.97. The third-order valence-corrected chi connectivity index (χ3v) is 3.97. The SMILES string of the molecule is CC[C@@H]1CC(c2ccc(OC)cc2)=CC[C@H]1C(=O)O. The van der Waals surface area contributed by atoms with E-state index in [1.807, 2.05) is 24.3 Å². The highest BCUT2D eigenvalue weighted by molar-refractivity contribution is 5.74. The summed E-state index contributed by atoms with van der Waals surface area (Å²) in [5.74, 6) is 0.180. The number of methoxy groups -OCH3 is 1. The first-order valence-electron chi connectivity index (χ1n) is 6.72. The standard InChI is InChI=1S/C16H20O3/c1-3-11-10-13(6-9-15(11)16(17)18)12-4-7-14(19-2)8-5-12/h4-8,11,15H,3,9-10H2,1-2H3,(H,17,18)/t11-,15-/m1/s1. The van der Waals surface area contributed by atoms with Crippen LogP contribution in [0.5, 0.6) is 5.75 Å². The van der Waals surface area contributed by atoms with Gasteiger partial charge in [-0.15, -0.1) is 0 Å². The van der Waals surface area contributed by atoms with Gasteiger partial charge in [0.15, 0.2) is 0 Å². The van der Waals surface area contributed by atoms with Crippen molar-refractivity contribution >= 4 is 11.5 Å². The molecule has 3 nitrogen and oxygen atoms in total. The molecular formula is C16H20O3. The normalized spacial score (nSPS) is 22.7. The van der Waals surface area contributed by atoms with Crippen LogP contribution in [-0.4, -0.2) is 18.2 Å². The fraction of sp³-hybridized carbons (Fsp3) is 0.438. The topological polar surface area (TPSA) is 46.5 Å². The Balaban J connectivity index is 2.19. The highest BCUT2D eigenvalue weighted by Crippen LogP contribution is 2.37. The molecule has 3 heteroatoms. The van der Waals surface area contributed by atoms with Gasteiger partial charge in [-0.1, -0.05) is 31.6 Å². The summed E-state index contributed by atoms with van der Waals surface area (Å²) in [6.07, 6.45) is 4.46. The van der Waals surface area contributed by atoms with Crippen molar-refractivity contribution in [1.82, 2.24) is 0 Å². The molecule has 19 heavy (non-hydrogen) atoms. The minimum absolute atomic E-state index is 0.230. The maximum absolute atomic E-state index is 11.2. The number of hydrogen-bond donors (Lipinski definition) is 1. The summed E-state index contributed by atoms with van der Waals surface area (Å²) < 4.78 is 5.15. The van der Waals surface area contributed by atoms with Crippen LogP contribution in [0.2, 0.25) is 0 Å². The fourth-order valence-corrected chi connectivity index (χ4v) is 2.74. The van der Waals surface area contributed by atoms with E-state index in [0.29, 0.717) is 6.42 Å². The quantitative estimate of drug-likeness (QED) is 0.899. The van der Waals surface area contributed by atoms with Gasteiger partial charge in [0.05, 0.1) is 13.0 Å². The zero-order valence-electron chi connectivity index (χ0n) is 11.4. The molecule has 0 amide bonds. The molecule has 0 spiro atoms. The van der Waals surface area contributed by atoms with E-state index in [1.54, 1.807) is 7.11 Å². The van der Waals surface area contributed by atoms with Gasteiger partial charge in [-0.3, -0.25) is 4.79 Å². The predicted molar refractivity (Wildman–Crippen MR) is 75.1 cm³/mol. The molecular weight excluding hydrogens is 240 g/mol. The van der Waals surface area contributed by atoms with Crippen LogP contribution < -0.4 is 4.74 Å². The van der Waals surface area contributed by atoms with E-state index in [9.17, 15) is 9.90 Å². The Labute approximate surface area is 113 Å². The Hall–Kier alpha value is -1.77. The van der Waals surface area contributed by atoms with Crippen LogP contribution in [-0.2, 0) is 4.79 Å². The highest BCUT2D eigenvalue weighted by atomic mass is 16.5. The molecule has 1 aromatic carbocycles. The molecule has 1 aliphatic carbocycles. The number of carboxylic acids is 1. The summed E-state index contributed by atoms with van der Waals surface area (Å²) in [7, 11) is 1.65. The van der Waals surface area contributed by atoms with E-state index < -0.39 is 5.97 Å². The minimum Gasteiger partial charge on any atom is -0.497 e.